The average Bonchev–Trinajstić information content (AvgIpc) is 2.51. The van der Waals surface area contributed by atoms with E-state index in [-0.39, 0.29) is 5.69 Å². The van der Waals surface area contributed by atoms with Crippen LogP contribution in [0.2, 0.25) is 0 Å². The predicted octanol–water partition coefficient (Wildman–Crippen LogP) is 2.79. The molecule has 2 N–H and O–H groups in total. The van der Waals surface area contributed by atoms with Crippen LogP contribution in [0.1, 0.15) is 11.1 Å². The standard InChI is InChI=1S/C16H15N3O4/c1-10-3-4-13(9-11(10)2)18-16(21)15(20)17-12-5-7-14(8-6-12)19(22)23/h3-9H,1-2H3,(H,17,20)(H,18,21). The molecule has 0 saturated carbocycles. The first kappa shape index (κ1) is 16.2. The number of carbonyl (C=O) groups excluding carboxylic acids is 2. The number of nitro benzene ring substituents is 1. The van der Waals surface area contributed by atoms with E-state index in [0.717, 1.165) is 11.1 Å². The second-order valence-corrected chi connectivity index (χ2v) is 5.01. The van der Waals surface area contributed by atoms with Crippen LogP contribution in [0.15, 0.2) is 42.5 Å². The van der Waals surface area contributed by atoms with Gasteiger partial charge in [-0.2, -0.15) is 0 Å². The van der Waals surface area contributed by atoms with Gasteiger partial charge in [-0.1, -0.05) is 6.07 Å². The molecule has 2 aromatic rings. The molecular weight excluding hydrogens is 298 g/mol. The lowest BCUT2D eigenvalue weighted by atomic mass is 10.1. The van der Waals surface area contributed by atoms with Crippen LogP contribution in [0.5, 0.6) is 0 Å². The molecule has 2 rings (SSSR count). The lowest BCUT2D eigenvalue weighted by molar-refractivity contribution is -0.384. The Balaban J connectivity index is 2.00. The van der Waals surface area contributed by atoms with Gasteiger partial charge >= 0.3 is 11.8 Å². The van der Waals surface area contributed by atoms with Crippen molar-refractivity contribution in [2.45, 2.75) is 13.8 Å². The largest absolute Gasteiger partial charge is 0.318 e. The molecule has 0 aliphatic heterocycles. The van der Waals surface area contributed by atoms with Gasteiger partial charge in [0.1, 0.15) is 0 Å². The Morgan fingerprint density at radius 2 is 1.39 bits per heavy atom. The maximum atomic E-state index is 11.9. The molecule has 2 aromatic carbocycles. The zero-order valence-corrected chi connectivity index (χ0v) is 12.6. The number of benzene rings is 2. The van der Waals surface area contributed by atoms with E-state index >= 15 is 0 Å². The van der Waals surface area contributed by atoms with Crippen LogP contribution < -0.4 is 10.6 Å². The lowest BCUT2D eigenvalue weighted by Crippen LogP contribution is -2.29. The summed E-state index contributed by atoms with van der Waals surface area (Å²) in [5, 5.41) is 15.4. The first-order valence-electron chi connectivity index (χ1n) is 6.81. The van der Waals surface area contributed by atoms with E-state index in [1.54, 1.807) is 12.1 Å². The fourth-order valence-electron chi connectivity index (χ4n) is 1.86. The maximum Gasteiger partial charge on any atom is 0.314 e. The van der Waals surface area contributed by atoms with Crippen LogP contribution >= 0.6 is 0 Å². The average molecular weight is 313 g/mol. The molecule has 0 aliphatic carbocycles. The highest BCUT2D eigenvalue weighted by Crippen LogP contribution is 2.16. The van der Waals surface area contributed by atoms with Crippen molar-refractivity contribution in [1.29, 1.82) is 0 Å². The number of nitrogens with zero attached hydrogens (tertiary/aromatic N) is 1. The van der Waals surface area contributed by atoms with Crippen molar-refractivity contribution in [1.82, 2.24) is 0 Å². The number of hydrogen-bond donors (Lipinski definition) is 2. The van der Waals surface area contributed by atoms with Crippen molar-refractivity contribution in [3.8, 4) is 0 Å². The third-order valence-electron chi connectivity index (χ3n) is 3.31. The summed E-state index contributed by atoms with van der Waals surface area (Å²) in [7, 11) is 0. The second kappa shape index (κ2) is 6.69. The topological polar surface area (TPSA) is 101 Å². The minimum Gasteiger partial charge on any atom is -0.318 e. The Morgan fingerprint density at radius 1 is 0.870 bits per heavy atom. The van der Waals surface area contributed by atoms with Gasteiger partial charge in [0.2, 0.25) is 0 Å². The summed E-state index contributed by atoms with van der Waals surface area (Å²) in [5.74, 6) is -1.66. The first-order chi connectivity index (χ1) is 10.9. The Bertz CT molecular complexity index is 769. The molecule has 0 unspecified atom stereocenters. The Hall–Kier alpha value is -3.22. The molecule has 0 aliphatic rings. The second-order valence-electron chi connectivity index (χ2n) is 5.01. The van der Waals surface area contributed by atoms with Crippen molar-refractivity contribution in [3.63, 3.8) is 0 Å². The molecule has 0 heterocycles. The highest BCUT2D eigenvalue weighted by molar-refractivity contribution is 6.43. The molecule has 0 fully saturated rings. The van der Waals surface area contributed by atoms with E-state index < -0.39 is 16.7 Å². The number of rotatable bonds is 3. The molecular formula is C16H15N3O4. The summed E-state index contributed by atoms with van der Waals surface area (Å²) >= 11 is 0. The third-order valence-corrected chi connectivity index (χ3v) is 3.31. The number of nitrogens with one attached hydrogen (secondary N) is 2. The van der Waals surface area contributed by atoms with E-state index in [4.69, 9.17) is 0 Å². The van der Waals surface area contributed by atoms with Crippen LogP contribution in [0.25, 0.3) is 0 Å². The molecule has 118 valence electrons. The fourth-order valence-corrected chi connectivity index (χ4v) is 1.86. The Kier molecular flexibility index (Phi) is 4.70. The van der Waals surface area contributed by atoms with Gasteiger partial charge in [-0.15, -0.1) is 0 Å². The van der Waals surface area contributed by atoms with Crippen LogP contribution in [-0.4, -0.2) is 16.7 Å². The number of nitro groups is 1. The van der Waals surface area contributed by atoms with E-state index in [2.05, 4.69) is 10.6 Å². The van der Waals surface area contributed by atoms with Crippen LogP contribution in [0.3, 0.4) is 0 Å². The molecule has 7 nitrogen and oxygen atoms in total. The van der Waals surface area contributed by atoms with Crippen LogP contribution in [0, 0.1) is 24.0 Å². The van der Waals surface area contributed by atoms with Gasteiger partial charge < -0.3 is 10.6 Å². The van der Waals surface area contributed by atoms with Gasteiger partial charge in [0.25, 0.3) is 5.69 Å². The first-order valence-corrected chi connectivity index (χ1v) is 6.81. The summed E-state index contributed by atoms with van der Waals surface area (Å²) in [4.78, 5) is 33.7. The minimum absolute atomic E-state index is 0.0948. The normalized spacial score (nSPS) is 10.0. The fraction of sp³-hybridized carbons (Fsp3) is 0.125. The van der Waals surface area contributed by atoms with Crippen molar-refractivity contribution >= 4 is 28.9 Å². The smallest absolute Gasteiger partial charge is 0.314 e. The number of carbonyl (C=O) groups is 2. The summed E-state index contributed by atoms with van der Waals surface area (Å²) in [6, 6.07) is 10.5. The number of aryl methyl sites for hydroxylation is 2. The van der Waals surface area contributed by atoms with Crippen molar-refractivity contribution in [2.75, 3.05) is 10.6 Å². The van der Waals surface area contributed by atoms with E-state index in [1.807, 2.05) is 19.9 Å². The van der Waals surface area contributed by atoms with Gasteiger partial charge in [0.15, 0.2) is 0 Å². The van der Waals surface area contributed by atoms with Gasteiger partial charge in [0.05, 0.1) is 4.92 Å². The number of anilines is 2. The highest BCUT2D eigenvalue weighted by atomic mass is 16.6. The van der Waals surface area contributed by atoms with Gasteiger partial charge in [-0.25, -0.2) is 0 Å². The lowest BCUT2D eigenvalue weighted by Gasteiger charge is -2.08. The van der Waals surface area contributed by atoms with Gasteiger partial charge in [0, 0.05) is 23.5 Å². The van der Waals surface area contributed by atoms with E-state index in [0.29, 0.717) is 11.4 Å². The third kappa shape index (κ3) is 4.13. The van der Waals surface area contributed by atoms with E-state index in [9.17, 15) is 19.7 Å². The molecule has 0 bridgehead atoms. The molecule has 0 spiro atoms. The predicted molar refractivity (Wildman–Crippen MR) is 86.3 cm³/mol. The van der Waals surface area contributed by atoms with Crippen LogP contribution in [-0.2, 0) is 9.59 Å². The van der Waals surface area contributed by atoms with E-state index in [1.165, 1.54) is 24.3 Å². The van der Waals surface area contributed by atoms with Gasteiger partial charge in [-0.3, -0.25) is 19.7 Å². The zero-order chi connectivity index (χ0) is 17.0. The number of amides is 2. The number of non-ortho nitro benzene ring substituents is 1. The molecule has 0 radical (unpaired) electrons. The molecule has 7 heteroatoms. The molecule has 2 amide bonds. The monoisotopic (exact) mass is 313 g/mol. The van der Waals surface area contributed by atoms with Crippen molar-refractivity contribution in [3.05, 3.63) is 63.7 Å². The van der Waals surface area contributed by atoms with Crippen molar-refractivity contribution in [2.24, 2.45) is 0 Å². The summed E-state index contributed by atoms with van der Waals surface area (Å²) in [6.07, 6.45) is 0. The molecule has 23 heavy (non-hydrogen) atoms. The highest BCUT2D eigenvalue weighted by Gasteiger charge is 2.15. The maximum absolute atomic E-state index is 11.9. The number of hydrogen-bond acceptors (Lipinski definition) is 4. The quantitative estimate of drug-likeness (QED) is 0.517. The molecule has 0 saturated heterocycles. The Morgan fingerprint density at radius 3 is 1.91 bits per heavy atom. The van der Waals surface area contributed by atoms with Gasteiger partial charge in [-0.05, 0) is 49.2 Å². The van der Waals surface area contributed by atoms with Crippen LogP contribution in [0.4, 0.5) is 17.1 Å². The summed E-state index contributed by atoms with van der Waals surface area (Å²) in [6.45, 7) is 3.85. The zero-order valence-electron chi connectivity index (χ0n) is 12.6. The minimum atomic E-state index is -0.850. The SMILES string of the molecule is Cc1ccc(NC(=O)C(=O)Nc2ccc([N+](=O)[O-])cc2)cc1C. The summed E-state index contributed by atoms with van der Waals surface area (Å²) < 4.78 is 0. The molecule has 0 aromatic heterocycles. The summed E-state index contributed by atoms with van der Waals surface area (Å²) in [5.41, 5.74) is 2.81. The molecule has 0 atom stereocenters. The van der Waals surface area contributed by atoms with Crippen molar-refractivity contribution < 1.29 is 14.5 Å². The Labute approximate surface area is 132 Å².